The molecule has 2 aliphatic carbocycles. The molecule has 0 bridgehead atoms. The van der Waals surface area contributed by atoms with Gasteiger partial charge in [0.25, 0.3) is 0 Å². The molecule has 3 nitrogen and oxygen atoms in total. The number of fused-ring (bicyclic) bond motifs is 3. The molecule has 0 amide bonds. The molecule has 2 aromatic rings. The molecule has 2 heterocycles. The minimum atomic E-state index is 0.442. The van der Waals surface area contributed by atoms with Crippen molar-refractivity contribution in [3.63, 3.8) is 0 Å². The molecule has 0 atom stereocenters. The zero-order valence-electron chi connectivity index (χ0n) is 20.1. The van der Waals surface area contributed by atoms with E-state index in [0.717, 1.165) is 11.5 Å². The molecule has 0 spiro atoms. The van der Waals surface area contributed by atoms with Gasteiger partial charge in [-0.3, -0.25) is 4.99 Å². The lowest BCUT2D eigenvalue weighted by atomic mass is 9.93. The van der Waals surface area contributed by atoms with Crippen molar-refractivity contribution in [1.29, 1.82) is 0 Å². The molecular formula is C30H35N3. The molecule has 2 aromatic carbocycles. The predicted molar refractivity (Wildman–Crippen MR) is 139 cm³/mol. The summed E-state index contributed by atoms with van der Waals surface area (Å²) >= 11 is 0. The number of benzene rings is 2. The van der Waals surface area contributed by atoms with Gasteiger partial charge in [-0.25, -0.2) is 4.99 Å². The molecule has 170 valence electrons. The van der Waals surface area contributed by atoms with Gasteiger partial charge in [0.05, 0.1) is 11.7 Å². The molecule has 0 radical (unpaired) electrons. The van der Waals surface area contributed by atoms with Gasteiger partial charge in [-0.05, 0) is 57.2 Å². The van der Waals surface area contributed by atoms with Crippen LogP contribution in [0.4, 0.5) is 5.69 Å². The van der Waals surface area contributed by atoms with Crippen LogP contribution in [-0.4, -0.2) is 28.7 Å². The van der Waals surface area contributed by atoms with Crippen molar-refractivity contribution in [2.24, 2.45) is 9.98 Å². The van der Waals surface area contributed by atoms with Crippen LogP contribution in [0.1, 0.15) is 86.5 Å². The highest BCUT2D eigenvalue weighted by atomic mass is 15.3. The van der Waals surface area contributed by atoms with Gasteiger partial charge in [0, 0.05) is 22.8 Å². The lowest BCUT2D eigenvalue weighted by molar-refractivity contribution is 0.323. The molecule has 2 fully saturated rings. The summed E-state index contributed by atoms with van der Waals surface area (Å²) in [4.78, 5) is 13.4. The number of amidine groups is 2. The Balaban J connectivity index is 1.57. The first-order chi connectivity index (χ1) is 16.2. The zero-order valence-corrected chi connectivity index (χ0v) is 20.1. The second kappa shape index (κ2) is 8.59. The summed E-state index contributed by atoms with van der Waals surface area (Å²) in [5.74, 6) is 2.37. The summed E-state index contributed by atoms with van der Waals surface area (Å²) in [7, 11) is 0. The molecule has 0 N–H and O–H groups in total. The number of aliphatic imine (C=N–C) groups is 2. The monoisotopic (exact) mass is 437 g/mol. The molecule has 2 saturated carbocycles. The third-order valence-electron chi connectivity index (χ3n) is 7.96. The Hall–Kier alpha value is -2.68. The molecule has 6 rings (SSSR count). The van der Waals surface area contributed by atoms with Gasteiger partial charge in [-0.15, -0.1) is 0 Å². The van der Waals surface area contributed by atoms with E-state index in [9.17, 15) is 0 Å². The van der Waals surface area contributed by atoms with E-state index in [2.05, 4.69) is 61.2 Å². The highest BCUT2D eigenvalue weighted by Gasteiger charge is 2.43. The molecular weight excluding hydrogens is 402 g/mol. The standard InChI is InChI=1S/C30H35N3/c1-20-13-16-22(17-14-20)27-28-25-19-21(2)15-18-26(25)32-30(28)33(24-11-7-4-8-12-24)29(27)31-23-9-5-3-6-10-23/h13-19,23-24H,3-12H2,1-2H3. The Labute approximate surface area is 198 Å². The van der Waals surface area contributed by atoms with Crippen molar-refractivity contribution < 1.29 is 0 Å². The molecule has 0 saturated heterocycles. The van der Waals surface area contributed by atoms with Crippen molar-refractivity contribution in [1.82, 2.24) is 4.90 Å². The Kier molecular flexibility index (Phi) is 5.44. The molecule has 3 heteroatoms. The average Bonchev–Trinajstić information content (AvgIpc) is 3.34. The second-order valence-electron chi connectivity index (χ2n) is 10.5. The van der Waals surface area contributed by atoms with E-state index in [-0.39, 0.29) is 0 Å². The first-order valence-corrected chi connectivity index (χ1v) is 13.1. The fourth-order valence-corrected chi connectivity index (χ4v) is 6.18. The molecule has 2 aliphatic heterocycles. The van der Waals surface area contributed by atoms with Gasteiger partial charge >= 0.3 is 0 Å². The number of rotatable bonds is 3. The maximum atomic E-state index is 5.55. The van der Waals surface area contributed by atoms with Gasteiger partial charge in [0.1, 0.15) is 11.7 Å². The van der Waals surface area contributed by atoms with Crippen molar-refractivity contribution in [2.75, 3.05) is 0 Å². The van der Waals surface area contributed by atoms with E-state index >= 15 is 0 Å². The fraction of sp³-hybridized carbons (Fsp3) is 0.467. The van der Waals surface area contributed by atoms with E-state index in [4.69, 9.17) is 9.98 Å². The van der Waals surface area contributed by atoms with Crippen LogP contribution >= 0.6 is 0 Å². The van der Waals surface area contributed by atoms with Crippen LogP contribution in [0.3, 0.4) is 0 Å². The molecule has 4 aliphatic rings. The van der Waals surface area contributed by atoms with Crippen molar-refractivity contribution >= 4 is 28.5 Å². The first-order valence-electron chi connectivity index (χ1n) is 13.1. The van der Waals surface area contributed by atoms with Gasteiger partial charge in [-0.2, -0.15) is 0 Å². The topological polar surface area (TPSA) is 28.0 Å². The Morgan fingerprint density at radius 1 is 0.758 bits per heavy atom. The van der Waals surface area contributed by atoms with E-state index in [1.807, 2.05) is 0 Å². The average molecular weight is 438 g/mol. The Bertz CT molecular complexity index is 1140. The largest absolute Gasteiger partial charge is 0.307 e. The zero-order chi connectivity index (χ0) is 22.4. The summed E-state index contributed by atoms with van der Waals surface area (Å²) in [6, 6.07) is 16.8. The minimum Gasteiger partial charge on any atom is -0.307 e. The third-order valence-corrected chi connectivity index (χ3v) is 7.96. The minimum absolute atomic E-state index is 0.442. The van der Waals surface area contributed by atoms with Crippen molar-refractivity contribution in [3.8, 4) is 0 Å². The van der Waals surface area contributed by atoms with Crippen LogP contribution in [-0.2, 0) is 0 Å². The van der Waals surface area contributed by atoms with E-state index in [0.29, 0.717) is 12.1 Å². The highest BCUT2D eigenvalue weighted by molar-refractivity contribution is 6.53. The number of nitrogens with zero attached hydrogens (tertiary/aromatic N) is 3. The predicted octanol–water partition coefficient (Wildman–Crippen LogP) is 7.64. The number of hydrogen-bond acceptors (Lipinski definition) is 2. The first kappa shape index (κ1) is 20.9. The van der Waals surface area contributed by atoms with Crippen molar-refractivity contribution in [2.45, 2.75) is 90.1 Å². The smallest absolute Gasteiger partial charge is 0.143 e. The lowest BCUT2D eigenvalue weighted by Crippen LogP contribution is -2.42. The molecule has 33 heavy (non-hydrogen) atoms. The lowest BCUT2D eigenvalue weighted by Gasteiger charge is -2.34. The van der Waals surface area contributed by atoms with E-state index in [1.165, 1.54) is 103 Å². The Morgan fingerprint density at radius 2 is 1.42 bits per heavy atom. The van der Waals surface area contributed by atoms with Crippen molar-refractivity contribution in [3.05, 3.63) is 64.7 Å². The van der Waals surface area contributed by atoms with Gasteiger partial charge < -0.3 is 4.90 Å². The Morgan fingerprint density at radius 3 is 2.15 bits per heavy atom. The number of hydrogen-bond donors (Lipinski definition) is 0. The maximum absolute atomic E-state index is 5.55. The molecule has 0 aromatic heterocycles. The van der Waals surface area contributed by atoms with E-state index < -0.39 is 0 Å². The normalized spacial score (nSPS) is 22.7. The summed E-state index contributed by atoms with van der Waals surface area (Å²) < 4.78 is 0. The molecule has 0 unspecified atom stereocenters. The summed E-state index contributed by atoms with van der Waals surface area (Å²) in [6.07, 6.45) is 12.9. The highest BCUT2D eigenvalue weighted by Crippen LogP contribution is 2.48. The SMILES string of the molecule is Cc1ccc(C2=C3C(=Nc4ccc(C)cc43)N(C3CCCCC3)C2=NC2CCCCC2)cc1. The van der Waals surface area contributed by atoms with Gasteiger partial charge in [-0.1, -0.05) is 80.0 Å². The fourth-order valence-electron chi connectivity index (χ4n) is 6.18. The van der Waals surface area contributed by atoms with Crippen LogP contribution < -0.4 is 0 Å². The second-order valence-corrected chi connectivity index (χ2v) is 10.5. The van der Waals surface area contributed by atoms with Crippen LogP contribution in [0.25, 0.3) is 11.1 Å². The quantitative estimate of drug-likeness (QED) is 0.485. The summed E-state index contributed by atoms with van der Waals surface area (Å²) in [6.45, 7) is 4.36. The summed E-state index contributed by atoms with van der Waals surface area (Å²) in [5, 5.41) is 0. The van der Waals surface area contributed by atoms with Gasteiger partial charge in [0.2, 0.25) is 0 Å². The van der Waals surface area contributed by atoms with Crippen LogP contribution in [0.2, 0.25) is 0 Å². The summed E-state index contributed by atoms with van der Waals surface area (Å²) in [5.41, 5.74) is 8.91. The third kappa shape index (κ3) is 3.76. The maximum Gasteiger partial charge on any atom is 0.143 e. The van der Waals surface area contributed by atoms with E-state index in [1.54, 1.807) is 0 Å². The number of aryl methyl sites for hydroxylation is 2. The van der Waals surface area contributed by atoms with Crippen LogP contribution in [0, 0.1) is 13.8 Å². The van der Waals surface area contributed by atoms with Gasteiger partial charge in [0.15, 0.2) is 0 Å². The van der Waals surface area contributed by atoms with Crippen LogP contribution in [0.15, 0.2) is 52.4 Å². The van der Waals surface area contributed by atoms with Crippen LogP contribution in [0.5, 0.6) is 0 Å².